The van der Waals surface area contributed by atoms with Crippen LogP contribution in [0.1, 0.15) is 319 Å². The fourth-order valence-corrected chi connectivity index (χ4v) is 27.9. The molecule has 5 spiro atoms. The van der Waals surface area contributed by atoms with Gasteiger partial charge in [0.1, 0.15) is 39.2 Å². The third kappa shape index (κ3) is 16.7. The summed E-state index contributed by atoms with van der Waals surface area (Å²) in [6.07, 6.45) is 60.3. The lowest BCUT2D eigenvalue weighted by Gasteiger charge is -2.44. The Morgan fingerprint density at radius 3 is 1.15 bits per heavy atom. The van der Waals surface area contributed by atoms with Gasteiger partial charge in [-0.2, -0.15) is 18.3 Å². The van der Waals surface area contributed by atoms with E-state index in [0.717, 1.165) is 0 Å². The Morgan fingerprint density at radius 1 is 0.278 bits per heavy atom. The van der Waals surface area contributed by atoms with Crippen LogP contribution >= 0.6 is 0 Å². The Balaban J connectivity index is 0.000000119. The number of hydrogen-bond acceptors (Lipinski definition) is 0. The second-order valence-corrected chi connectivity index (χ2v) is 43.0. The van der Waals surface area contributed by atoms with Crippen LogP contribution in [0.5, 0.6) is 0 Å². The van der Waals surface area contributed by atoms with Crippen molar-refractivity contribution in [1.29, 1.82) is 0 Å². The number of benzene rings is 8. The molecule has 0 unspecified atom stereocenters. The van der Waals surface area contributed by atoms with Gasteiger partial charge in [0.15, 0.2) is 0 Å². The first-order valence-corrected chi connectivity index (χ1v) is 49.9. The highest BCUT2D eigenvalue weighted by Gasteiger charge is 2.46. The van der Waals surface area contributed by atoms with Gasteiger partial charge >= 0.3 is 0 Å². The molecule has 5 heteroatoms. The third-order valence-electron chi connectivity index (χ3n) is 35.2. The summed E-state index contributed by atoms with van der Waals surface area (Å²) in [7, 11) is 9.05. The number of rotatable bonds is 5. The Labute approximate surface area is 760 Å². The van der Waals surface area contributed by atoms with E-state index in [1.807, 2.05) is 0 Å². The van der Waals surface area contributed by atoms with Crippen molar-refractivity contribution < 1.29 is 18.3 Å². The summed E-state index contributed by atoms with van der Waals surface area (Å²) in [6.45, 7) is 22.6. The lowest BCUT2D eigenvalue weighted by atomic mass is 9.61. The molecule has 22 rings (SSSR count). The Hall–Kier alpha value is -8.80. The number of para-hydroxylation sites is 2. The molecule has 10 aliphatic carbocycles. The largest absolute Gasteiger partial charge is 0.294 e. The summed E-state index contributed by atoms with van der Waals surface area (Å²) in [6, 6.07) is 53.6. The molecule has 0 aliphatic heterocycles. The molecule has 8 aromatic carbocycles. The predicted molar refractivity (Wildman–Crippen MR) is 533 cm³/mol. The zero-order valence-corrected chi connectivity index (χ0v) is 79.0. The van der Waals surface area contributed by atoms with E-state index in [2.05, 4.69) is 272 Å². The van der Waals surface area contributed by atoms with E-state index < -0.39 is 0 Å². The first-order valence-electron chi connectivity index (χ1n) is 49.9. The molecule has 5 fully saturated rings. The normalized spacial score (nSPS) is 19.1. The van der Waals surface area contributed by atoms with Crippen molar-refractivity contribution in [3.05, 3.63) is 263 Å². The minimum absolute atomic E-state index is 0. The van der Waals surface area contributed by atoms with Crippen LogP contribution in [0.15, 0.2) is 152 Å². The van der Waals surface area contributed by atoms with Crippen molar-refractivity contribution in [3.63, 3.8) is 0 Å². The van der Waals surface area contributed by atoms with E-state index in [9.17, 15) is 0 Å². The molecule has 0 atom stereocenters. The van der Waals surface area contributed by atoms with Crippen LogP contribution < -0.4 is 18.3 Å². The van der Waals surface area contributed by atoms with Crippen molar-refractivity contribution >= 4 is 32.7 Å². The molecule has 126 heavy (non-hydrogen) atoms. The fourth-order valence-electron chi connectivity index (χ4n) is 27.9. The van der Waals surface area contributed by atoms with Gasteiger partial charge in [-0.15, -0.1) is 0 Å². The first-order chi connectivity index (χ1) is 60.0. The summed E-state index contributed by atoms with van der Waals surface area (Å²) < 4.78 is 12.4. The van der Waals surface area contributed by atoms with E-state index in [0.29, 0.717) is 27.1 Å². The third-order valence-corrected chi connectivity index (χ3v) is 35.2. The van der Waals surface area contributed by atoms with Gasteiger partial charge in [0.25, 0.3) is 5.82 Å². The molecule has 4 aromatic heterocycles. The maximum atomic E-state index is 2.75. The van der Waals surface area contributed by atoms with Gasteiger partial charge in [-0.1, -0.05) is 201 Å². The van der Waals surface area contributed by atoms with Crippen LogP contribution in [0.25, 0.3) is 83.6 Å². The number of fused-ring (bicyclic) bond motifs is 11. The van der Waals surface area contributed by atoms with Gasteiger partial charge < -0.3 is 0 Å². The quantitative estimate of drug-likeness (QED) is 0.153. The fraction of sp³-hybridized carbons (Fsp3) is 0.504. The number of aromatic nitrogens is 5. The van der Waals surface area contributed by atoms with Crippen LogP contribution in [0.3, 0.4) is 0 Å². The topological polar surface area (TPSA) is 20.4 Å². The highest BCUT2D eigenvalue weighted by atomic mass is 15.1. The van der Waals surface area contributed by atoms with Crippen molar-refractivity contribution in [2.45, 2.75) is 341 Å². The summed E-state index contributed by atoms with van der Waals surface area (Å²) >= 11 is 0. The predicted octanol–water partition coefficient (Wildman–Crippen LogP) is 29.5. The lowest BCUT2D eigenvalue weighted by Crippen LogP contribution is -2.39. The van der Waals surface area contributed by atoms with Gasteiger partial charge in [0, 0.05) is 79.4 Å². The number of hydrogen-bond donors (Lipinski definition) is 0. The molecule has 0 bridgehead atoms. The molecule has 660 valence electrons. The van der Waals surface area contributed by atoms with E-state index >= 15 is 0 Å². The Kier molecular flexibility index (Phi) is 25.7. The van der Waals surface area contributed by atoms with Crippen molar-refractivity contribution in [1.82, 2.24) is 4.57 Å². The number of pyridine rings is 3. The number of imidazole rings is 1. The van der Waals surface area contributed by atoms with Gasteiger partial charge in [0.05, 0.1) is 12.6 Å². The van der Waals surface area contributed by atoms with E-state index in [4.69, 9.17) is 0 Å². The van der Waals surface area contributed by atoms with Crippen LogP contribution in [-0.2, 0) is 92.4 Å². The summed E-state index contributed by atoms with van der Waals surface area (Å²) in [4.78, 5) is 0. The zero-order valence-electron chi connectivity index (χ0n) is 79.0. The molecule has 10 aliphatic rings. The van der Waals surface area contributed by atoms with Crippen molar-refractivity contribution in [3.8, 4) is 50.8 Å². The summed E-state index contributed by atoms with van der Waals surface area (Å²) in [5.41, 5.74) is 48.9. The maximum absolute atomic E-state index is 2.75. The first kappa shape index (κ1) is 89.2. The number of nitrogens with zero attached hydrogens (tertiary/aromatic N) is 5. The van der Waals surface area contributed by atoms with Crippen molar-refractivity contribution in [2.75, 3.05) is 0 Å². The van der Waals surface area contributed by atoms with Gasteiger partial charge in [-0.05, 0) is 372 Å². The molecule has 0 amide bonds. The maximum Gasteiger partial charge on any atom is 0.294 e. The molecule has 12 aromatic rings. The second kappa shape index (κ2) is 36.3. The van der Waals surface area contributed by atoms with Gasteiger partial charge in [-0.25, -0.2) is 4.57 Å². The minimum Gasteiger partial charge on any atom is -0.232 e. The molecular weight excluding hydrogens is 1520 g/mol. The molecular formula is C121H155N5+4. The number of aryl methyl sites for hydroxylation is 13. The van der Waals surface area contributed by atoms with Crippen LogP contribution in [0, 0.1) is 96.3 Å². The highest BCUT2D eigenvalue weighted by Crippen LogP contribution is 2.56. The SMILES string of the molecule is C.C.Cc1cc(C)c(C)c(-c2c3c(c4ccccc4[n+]2C)CC2(CCCCC2)CC3)c1.Cc1cc(C)c(C)c(-c2c3c(c4ccccc4[n+]2C)CCC2(CCCCC2)C3)c1.Cc1cc(C)c(C)c(-c2ccc3c4c(ccc3[n+]2C)CCC2(CCCCC2)C4)c1.Cc1ccccc1-c1n(-c2c3c(cc4c2CCC2(CCCCC2)C4)CC2(CCCCC2)CC3)cc[n+]1C. The second-order valence-electron chi connectivity index (χ2n) is 43.0. The smallest absolute Gasteiger partial charge is 0.232 e. The van der Waals surface area contributed by atoms with E-state index in [1.165, 1.54) is 390 Å². The summed E-state index contributed by atoms with van der Waals surface area (Å²) in [5, 5.41) is 4.45. The standard InChI is InChI=1S/C35H45N2.3C28H34N.2CH4/c1-26-11-5-6-12-29(26)33-36(2)21-22-37(33)32-30-13-19-34(15-7-3-8-16-34)24-27(30)23-28-25-35(20-14-31(28)32)17-9-4-10-18-35;1-19-16-20(2)21(3)24(17-19)27-25-18-28(13-8-5-9-14-28)15-12-22(25)23-10-6-7-11-26(23)29(27)4;1-19-16-20(2)21(3)24(17-19)27-23-12-15-28(13-8-5-9-14-28)18-25(23)22-10-6-7-11-26(22)29(27)4;1-19-16-20(2)21(3)24(17-19)27-11-9-23-25-18-28(13-6-5-7-14-28)15-12-22(25)8-10-26(23)29(27)4;;/h5-6,11-12,21-23H,3-4,7-10,13-20,24-25H2,1-2H3;2*6-7,10-11,16-17H,5,8-9,12-15,18H2,1-4H3;8-11,16-17H,5-7,12-15,18H2,1-4H3;2*1H4/q4*+1;;. The molecule has 0 radical (unpaired) electrons. The monoisotopic (exact) mass is 1680 g/mol. The molecule has 5 nitrogen and oxygen atoms in total. The molecule has 5 saturated carbocycles. The molecule has 4 heterocycles. The zero-order chi connectivity index (χ0) is 85.6. The Morgan fingerprint density at radius 2 is 0.659 bits per heavy atom. The van der Waals surface area contributed by atoms with Crippen LogP contribution in [0.4, 0.5) is 0 Å². The molecule has 0 saturated heterocycles. The van der Waals surface area contributed by atoms with E-state index in [1.54, 1.807) is 61.3 Å². The van der Waals surface area contributed by atoms with Crippen LogP contribution in [-0.4, -0.2) is 4.57 Å². The van der Waals surface area contributed by atoms with Crippen LogP contribution in [0.2, 0.25) is 0 Å². The summed E-state index contributed by atoms with van der Waals surface area (Å²) in [5.74, 6) is 1.34. The molecule has 0 N–H and O–H groups in total. The average Bonchev–Trinajstić information content (AvgIpc) is 1.04. The minimum atomic E-state index is 0. The highest BCUT2D eigenvalue weighted by molar-refractivity contribution is 5.87. The van der Waals surface area contributed by atoms with Crippen molar-refractivity contribution in [2.24, 2.45) is 55.3 Å². The Bertz CT molecular complexity index is 6040. The average molecular weight is 1680 g/mol. The lowest BCUT2D eigenvalue weighted by molar-refractivity contribution is -0.659. The van der Waals surface area contributed by atoms with Gasteiger partial charge in [0.2, 0.25) is 33.6 Å². The van der Waals surface area contributed by atoms with E-state index in [-0.39, 0.29) is 14.9 Å². The van der Waals surface area contributed by atoms with Gasteiger partial charge in [-0.3, -0.25) is 0 Å².